The molecule has 1 saturated carbocycles. The Morgan fingerprint density at radius 1 is 1.31 bits per heavy atom. The second-order valence-corrected chi connectivity index (χ2v) is 6.96. The van der Waals surface area contributed by atoms with Crippen LogP contribution in [-0.4, -0.2) is 16.5 Å². The van der Waals surface area contributed by atoms with Gasteiger partial charge < -0.3 is 5.73 Å². The highest BCUT2D eigenvalue weighted by atomic mass is 32.2. The fourth-order valence-electron chi connectivity index (χ4n) is 2.57. The second kappa shape index (κ2) is 7.60. The maximum atomic E-state index is 6.12. The van der Waals surface area contributed by atoms with E-state index in [2.05, 4.69) is 32.5 Å². The zero-order valence-electron chi connectivity index (χ0n) is 11.2. The third-order valence-electron chi connectivity index (χ3n) is 3.81. The summed E-state index contributed by atoms with van der Waals surface area (Å²) in [4.78, 5) is 0. The number of hydrogen-bond donors (Lipinski definition) is 1. The molecule has 96 valence electrons. The summed E-state index contributed by atoms with van der Waals surface area (Å²) in [7, 11) is 0. The van der Waals surface area contributed by atoms with Crippen LogP contribution in [0.4, 0.5) is 0 Å². The van der Waals surface area contributed by atoms with Crippen molar-refractivity contribution < 1.29 is 0 Å². The molecule has 0 saturated heterocycles. The van der Waals surface area contributed by atoms with Gasteiger partial charge in [0, 0.05) is 16.5 Å². The van der Waals surface area contributed by atoms with Gasteiger partial charge in [0.15, 0.2) is 0 Å². The minimum Gasteiger partial charge on any atom is -0.327 e. The lowest BCUT2D eigenvalue weighted by atomic mass is 9.90. The molecule has 4 atom stereocenters. The summed E-state index contributed by atoms with van der Waals surface area (Å²) in [6.45, 7) is 6.88. The lowest BCUT2D eigenvalue weighted by molar-refractivity contribution is 0.395. The highest BCUT2D eigenvalue weighted by Gasteiger charge is 2.26. The summed E-state index contributed by atoms with van der Waals surface area (Å²) >= 11 is 2.20. The van der Waals surface area contributed by atoms with Gasteiger partial charge in [-0.2, -0.15) is 11.8 Å². The molecule has 0 radical (unpaired) electrons. The SMILES string of the molecule is CCCCC(SC1CCCCC1C)C(C)N. The van der Waals surface area contributed by atoms with Gasteiger partial charge in [0.05, 0.1) is 0 Å². The maximum Gasteiger partial charge on any atom is 0.0199 e. The summed E-state index contributed by atoms with van der Waals surface area (Å²) in [6.07, 6.45) is 9.65. The number of rotatable bonds is 6. The zero-order chi connectivity index (χ0) is 12.0. The molecule has 1 fully saturated rings. The molecule has 0 aromatic carbocycles. The van der Waals surface area contributed by atoms with Gasteiger partial charge in [0.1, 0.15) is 0 Å². The minimum absolute atomic E-state index is 0.352. The maximum absolute atomic E-state index is 6.12. The summed E-state index contributed by atoms with van der Waals surface area (Å²) in [5.41, 5.74) is 6.12. The predicted octanol–water partition coefficient (Wildman–Crippen LogP) is 4.20. The highest BCUT2D eigenvalue weighted by molar-refractivity contribution is 8.00. The molecule has 1 aliphatic carbocycles. The summed E-state index contributed by atoms with van der Waals surface area (Å²) in [5.74, 6) is 0.904. The van der Waals surface area contributed by atoms with Gasteiger partial charge in [-0.15, -0.1) is 0 Å². The molecule has 0 aromatic heterocycles. The Labute approximate surface area is 106 Å². The van der Waals surface area contributed by atoms with Crippen molar-refractivity contribution in [2.45, 2.75) is 82.3 Å². The Kier molecular flexibility index (Phi) is 6.83. The van der Waals surface area contributed by atoms with Crippen LogP contribution in [0.15, 0.2) is 0 Å². The first-order valence-electron chi connectivity index (χ1n) is 7.06. The van der Waals surface area contributed by atoms with Crippen LogP contribution < -0.4 is 5.73 Å². The number of thioether (sulfide) groups is 1. The summed E-state index contributed by atoms with van der Waals surface area (Å²) in [5, 5.41) is 1.56. The third-order valence-corrected chi connectivity index (χ3v) is 5.88. The minimum atomic E-state index is 0.352. The van der Waals surface area contributed by atoms with Gasteiger partial charge in [0.2, 0.25) is 0 Å². The number of unbranched alkanes of at least 4 members (excludes halogenated alkanes) is 1. The fraction of sp³-hybridized carbons (Fsp3) is 1.00. The molecular formula is C14H29NS. The third kappa shape index (κ3) is 4.67. The molecule has 0 spiro atoms. The van der Waals surface area contributed by atoms with Crippen LogP contribution in [0, 0.1) is 5.92 Å². The van der Waals surface area contributed by atoms with E-state index in [1.54, 1.807) is 0 Å². The largest absolute Gasteiger partial charge is 0.327 e. The summed E-state index contributed by atoms with van der Waals surface area (Å²) < 4.78 is 0. The van der Waals surface area contributed by atoms with Gasteiger partial charge in [-0.25, -0.2) is 0 Å². The molecule has 16 heavy (non-hydrogen) atoms. The Hall–Kier alpha value is 0.310. The normalized spacial score (nSPS) is 30.0. The fourth-order valence-corrected chi connectivity index (χ4v) is 4.28. The van der Waals surface area contributed by atoms with E-state index in [1.165, 1.54) is 44.9 Å². The number of hydrogen-bond acceptors (Lipinski definition) is 2. The average Bonchev–Trinajstić information content (AvgIpc) is 2.26. The second-order valence-electron chi connectivity index (χ2n) is 5.48. The van der Waals surface area contributed by atoms with E-state index in [1.807, 2.05) is 0 Å². The standard InChI is InChI=1S/C14H29NS/c1-4-5-9-14(12(3)15)16-13-10-7-6-8-11(13)2/h11-14H,4-10,15H2,1-3H3. The smallest absolute Gasteiger partial charge is 0.0199 e. The van der Waals surface area contributed by atoms with E-state index >= 15 is 0 Å². The van der Waals surface area contributed by atoms with Crippen LogP contribution in [0.25, 0.3) is 0 Å². The molecule has 1 aliphatic rings. The van der Waals surface area contributed by atoms with Crippen molar-refractivity contribution in [1.29, 1.82) is 0 Å². The van der Waals surface area contributed by atoms with Crippen molar-refractivity contribution in [3.63, 3.8) is 0 Å². The lowest BCUT2D eigenvalue weighted by Gasteiger charge is -2.32. The van der Waals surface area contributed by atoms with E-state index in [0.29, 0.717) is 11.3 Å². The Bertz CT molecular complexity index is 182. The van der Waals surface area contributed by atoms with E-state index in [4.69, 9.17) is 5.73 Å². The monoisotopic (exact) mass is 243 g/mol. The zero-order valence-corrected chi connectivity index (χ0v) is 12.1. The van der Waals surface area contributed by atoms with E-state index in [-0.39, 0.29) is 0 Å². The quantitative estimate of drug-likeness (QED) is 0.756. The molecule has 0 aromatic rings. The number of nitrogens with two attached hydrogens (primary N) is 1. The van der Waals surface area contributed by atoms with Crippen molar-refractivity contribution in [3.8, 4) is 0 Å². The first-order chi connectivity index (χ1) is 7.65. The molecule has 4 unspecified atom stereocenters. The Morgan fingerprint density at radius 2 is 2.00 bits per heavy atom. The summed E-state index contributed by atoms with van der Waals surface area (Å²) in [6, 6.07) is 0.352. The van der Waals surface area contributed by atoms with Crippen molar-refractivity contribution in [2.75, 3.05) is 0 Å². The molecule has 0 heterocycles. The predicted molar refractivity (Wildman–Crippen MR) is 76.0 cm³/mol. The van der Waals surface area contributed by atoms with Crippen molar-refractivity contribution >= 4 is 11.8 Å². The lowest BCUT2D eigenvalue weighted by Crippen LogP contribution is -2.33. The average molecular weight is 243 g/mol. The van der Waals surface area contributed by atoms with Crippen molar-refractivity contribution in [1.82, 2.24) is 0 Å². The van der Waals surface area contributed by atoms with E-state index in [0.717, 1.165) is 11.2 Å². The molecule has 1 nitrogen and oxygen atoms in total. The highest BCUT2D eigenvalue weighted by Crippen LogP contribution is 2.37. The molecule has 0 aliphatic heterocycles. The molecule has 0 bridgehead atoms. The van der Waals surface area contributed by atoms with Crippen LogP contribution in [0.1, 0.15) is 65.7 Å². The molecule has 2 heteroatoms. The van der Waals surface area contributed by atoms with Crippen molar-refractivity contribution in [3.05, 3.63) is 0 Å². The first-order valence-corrected chi connectivity index (χ1v) is 8.00. The van der Waals surface area contributed by atoms with Gasteiger partial charge in [-0.1, -0.05) is 39.5 Å². The van der Waals surface area contributed by atoms with E-state index < -0.39 is 0 Å². The van der Waals surface area contributed by atoms with Gasteiger partial charge in [0.25, 0.3) is 0 Å². The molecule has 0 amide bonds. The van der Waals surface area contributed by atoms with E-state index in [9.17, 15) is 0 Å². The van der Waals surface area contributed by atoms with Crippen molar-refractivity contribution in [2.24, 2.45) is 11.7 Å². The van der Waals surface area contributed by atoms with Crippen LogP contribution in [0.3, 0.4) is 0 Å². The van der Waals surface area contributed by atoms with Gasteiger partial charge in [-0.3, -0.25) is 0 Å². The molecule has 1 rings (SSSR count). The van der Waals surface area contributed by atoms with Crippen LogP contribution in [0.5, 0.6) is 0 Å². The van der Waals surface area contributed by atoms with Crippen LogP contribution in [-0.2, 0) is 0 Å². The topological polar surface area (TPSA) is 26.0 Å². The van der Waals surface area contributed by atoms with Crippen LogP contribution >= 0.6 is 11.8 Å². The van der Waals surface area contributed by atoms with Gasteiger partial charge >= 0.3 is 0 Å². The molecular weight excluding hydrogens is 214 g/mol. The first kappa shape index (κ1) is 14.4. The Balaban J connectivity index is 2.39. The Morgan fingerprint density at radius 3 is 2.56 bits per heavy atom. The van der Waals surface area contributed by atoms with Crippen LogP contribution in [0.2, 0.25) is 0 Å². The molecule has 2 N–H and O–H groups in total. The van der Waals surface area contributed by atoms with Gasteiger partial charge in [-0.05, 0) is 32.1 Å².